The van der Waals surface area contributed by atoms with Crippen LogP contribution in [0.3, 0.4) is 0 Å². The summed E-state index contributed by atoms with van der Waals surface area (Å²) in [6, 6.07) is 7.60. The normalized spacial score (nSPS) is 10.9. The highest BCUT2D eigenvalue weighted by Crippen LogP contribution is 2.30. The maximum Gasteiger partial charge on any atom is 0.338 e. The number of benzene rings is 2. The van der Waals surface area contributed by atoms with Gasteiger partial charge in [-0.3, -0.25) is 4.79 Å². The second kappa shape index (κ2) is 5.44. The number of pyridine rings is 1. The number of phenols is 1. The number of phenolic OH excluding ortho intramolecular Hbond substituents is 1. The zero-order valence-corrected chi connectivity index (χ0v) is 12.9. The molecule has 0 atom stereocenters. The number of rotatable bonds is 2. The number of aromatic hydroxyl groups is 1. The number of carbonyl (C=O) groups is 1. The molecule has 3 aromatic rings. The Morgan fingerprint density at radius 3 is 2.78 bits per heavy atom. The molecule has 2 aromatic carbocycles. The minimum Gasteiger partial charge on any atom is -0.507 e. The monoisotopic (exact) mass is 329 g/mol. The Balaban J connectivity index is 2.30. The highest BCUT2D eigenvalue weighted by Gasteiger charge is 2.14. The molecule has 0 radical (unpaired) electrons. The molecule has 1 heterocycles. The van der Waals surface area contributed by atoms with E-state index in [1.807, 2.05) is 0 Å². The Labute approximate surface area is 135 Å². The smallest absolute Gasteiger partial charge is 0.338 e. The van der Waals surface area contributed by atoms with Gasteiger partial charge in [-0.15, -0.1) is 0 Å². The van der Waals surface area contributed by atoms with Gasteiger partial charge in [0.25, 0.3) is 0 Å². The number of carbonyl (C=O) groups excluding carboxylic acids is 1. The Morgan fingerprint density at radius 1 is 1.35 bits per heavy atom. The lowest BCUT2D eigenvalue weighted by atomic mass is 10.1. The maximum absolute atomic E-state index is 12.5. The molecule has 1 aromatic heterocycles. The fourth-order valence-corrected chi connectivity index (χ4v) is 2.52. The van der Waals surface area contributed by atoms with Crippen LogP contribution in [0.15, 0.2) is 47.3 Å². The van der Waals surface area contributed by atoms with E-state index in [-0.39, 0.29) is 27.9 Å². The fraction of sp³-hybridized carbons (Fsp3) is 0.0588. The third-order valence-electron chi connectivity index (χ3n) is 3.40. The third kappa shape index (κ3) is 2.55. The topological polar surface area (TPSA) is 79.4 Å². The minimum absolute atomic E-state index is 0.102. The zero-order chi connectivity index (χ0) is 16.7. The molecule has 3 rings (SSSR count). The molecule has 0 aliphatic carbocycles. The summed E-state index contributed by atoms with van der Waals surface area (Å²) in [7, 11) is 0. The quantitative estimate of drug-likeness (QED) is 0.326. The lowest BCUT2D eigenvalue weighted by molar-refractivity contribution is -0.130. The van der Waals surface area contributed by atoms with E-state index >= 15 is 0 Å². The SMILES string of the molecule is C=C(C)C(=O)Oc1cc(O)c2c(=O)c3cccc(Cl)c3[nH]c2c1. The van der Waals surface area contributed by atoms with Crippen LogP contribution in [0, 0.1) is 0 Å². The maximum atomic E-state index is 12.5. The number of ether oxygens (including phenoxy) is 1. The minimum atomic E-state index is -0.620. The predicted molar refractivity (Wildman–Crippen MR) is 89.2 cm³/mol. The first kappa shape index (κ1) is 15.1. The first-order valence-electron chi connectivity index (χ1n) is 6.73. The van der Waals surface area contributed by atoms with Crippen LogP contribution in [0.2, 0.25) is 5.02 Å². The number of fused-ring (bicyclic) bond motifs is 2. The van der Waals surface area contributed by atoms with Crippen LogP contribution in [0.5, 0.6) is 11.5 Å². The van der Waals surface area contributed by atoms with Crippen molar-refractivity contribution in [3.05, 3.63) is 57.7 Å². The summed E-state index contributed by atoms with van der Waals surface area (Å²) in [5, 5.41) is 11.0. The van der Waals surface area contributed by atoms with E-state index in [1.54, 1.807) is 18.2 Å². The molecule has 0 aliphatic heterocycles. The van der Waals surface area contributed by atoms with Crippen molar-refractivity contribution in [3.63, 3.8) is 0 Å². The van der Waals surface area contributed by atoms with Crippen molar-refractivity contribution in [3.8, 4) is 11.5 Å². The standard InChI is InChI=1S/C17H12ClNO4/c1-8(2)17(22)23-9-6-12-14(13(20)7-9)16(21)10-4-3-5-11(18)15(10)19-12/h3-7,20H,1H2,2H3,(H,19,21). The molecule has 0 amide bonds. The molecule has 2 N–H and O–H groups in total. The predicted octanol–water partition coefficient (Wildman–Crippen LogP) is 3.52. The van der Waals surface area contributed by atoms with Crippen LogP contribution in [-0.4, -0.2) is 16.1 Å². The van der Waals surface area contributed by atoms with Gasteiger partial charge < -0.3 is 14.8 Å². The summed E-state index contributed by atoms with van der Waals surface area (Å²) in [6.45, 7) is 5.00. The van der Waals surface area contributed by atoms with E-state index in [0.29, 0.717) is 21.4 Å². The van der Waals surface area contributed by atoms with Crippen molar-refractivity contribution in [2.45, 2.75) is 6.92 Å². The van der Waals surface area contributed by atoms with Gasteiger partial charge in [0.1, 0.15) is 11.5 Å². The van der Waals surface area contributed by atoms with E-state index in [2.05, 4.69) is 11.6 Å². The van der Waals surface area contributed by atoms with E-state index in [4.69, 9.17) is 16.3 Å². The molecule has 0 saturated carbocycles. The number of aromatic nitrogens is 1. The molecular formula is C17H12ClNO4. The van der Waals surface area contributed by atoms with Crippen molar-refractivity contribution in [1.82, 2.24) is 4.98 Å². The van der Waals surface area contributed by atoms with Crippen LogP contribution < -0.4 is 10.2 Å². The summed E-state index contributed by atoms with van der Waals surface area (Å²) in [5.74, 6) is -0.801. The largest absolute Gasteiger partial charge is 0.507 e. The number of nitrogens with one attached hydrogen (secondary N) is 1. The lowest BCUT2D eigenvalue weighted by Crippen LogP contribution is -2.09. The van der Waals surface area contributed by atoms with Crippen molar-refractivity contribution in [2.24, 2.45) is 0 Å². The molecule has 0 unspecified atom stereocenters. The molecule has 5 nitrogen and oxygen atoms in total. The summed E-state index contributed by atoms with van der Waals surface area (Å²) in [6.07, 6.45) is 0. The Bertz CT molecular complexity index is 1040. The van der Waals surface area contributed by atoms with Gasteiger partial charge >= 0.3 is 5.97 Å². The average molecular weight is 330 g/mol. The van der Waals surface area contributed by atoms with Crippen molar-refractivity contribution in [1.29, 1.82) is 0 Å². The lowest BCUT2D eigenvalue weighted by Gasteiger charge is -2.09. The molecule has 0 spiro atoms. The van der Waals surface area contributed by atoms with Gasteiger partial charge in [-0.25, -0.2) is 4.79 Å². The molecule has 116 valence electrons. The average Bonchev–Trinajstić information content (AvgIpc) is 2.48. The van der Waals surface area contributed by atoms with Crippen molar-refractivity contribution < 1.29 is 14.6 Å². The van der Waals surface area contributed by atoms with Gasteiger partial charge in [0.15, 0.2) is 0 Å². The van der Waals surface area contributed by atoms with Gasteiger partial charge in [-0.2, -0.15) is 0 Å². The Hall–Kier alpha value is -2.79. The van der Waals surface area contributed by atoms with Crippen LogP contribution in [0.1, 0.15) is 6.92 Å². The number of aromatic amines is 1. The Kier molecular flexibility index (Phi) is 3.58. The van der Waals surface area contributed by atoms with Crippen LogP contribution in [0.4, 0.5) is 0 Å². The Morgan fingerprint density at radius 2 is 2.09 bits per heavy atom. The van der Waals surface area contributed by atoms with Crippen LogP contribution in [-0.2, 0) is 4.79 Å². The van der Waals surface area contributed by atoms with Gasteiger partial charge in [0, 0.05) is 23.1 Å². The van der Waals surface area contributed by atoms with Gasteiger partial charge in [-0.1, -0.05) is 24.2 Å². The molecular weight excluding hydrogens is 318 g/mol. The fourth-order valence-electron chi connectivity index (χ4n) is 2.30. The van der Waals surface area contributed by atoms with E-state index < -0.39 is 5.97 Å². The summed E-state index contributed by atoms with van der Waals surface area (Å²) in [4.78, 5) is 27.1. The summed E-state index contributed by atoms with van der Waals surface area (Å²) in [5.41, 5.74) is 0.640. The summed E-state index contributed by atoms with van der Waals surface area (Å²) < 4.78 is 5.09. The van der Waals surface area contributed by atoms with Gasteiger partial charge in [-0.05, 0) is 19.1 Å². The van der Waals surface area contributed by atoms with Gasteiger partial charge in [0.05, 0.1) is 21.4 Å². The second-order valence-corrected chi connectivity index (χ2v) is 5.56. The first-order valence-corrected chi connectivity index (χ1v) is 7.11. The number of esters is 1. The zero-order valence-electron chi connectivity index (χ0n) is 12.1. The van der Waals surface area contributed by atoms with Gasteiger partial charge in [0.2, 0.25) is 5.43 Å². The molecule has 0 fully saturated rings. The van der Waals surface area contributed by atoms with E-state index in [9.17, 15) is 14.7 Å². The highest BCUT2D eigenvalue weighted by atomic mass is 35.5. The number of hydrogen-bond acceptors (Lipinski definition) is 4. The first-order chi connectivity index (χ1) is 10.9. The number of halogens is 1. The molecule has 0 saturated heterocycles. The molecule has 6 heteroatoms. The van der Waals surface area contributed by atoms with E-state index in [0.717, 1.165) is 0 Å². The summed E-state index contributed by atoms with van der Waals surface area (Å²) >= 11 is 6.11. The van der Waals surface area contributed by atoms with Crippen LogP contribution >= 0.6 is 11.6 Å². The van der Waals surface area contributed by atoms with Crippen molar-refractivity contribution >= 4 is 39.4 Å². The molecule has 0 bridgehead atoms. The van der Waals surface area contributed by atoms with Crippen LogP contribution in [0.25, 0.3) is 21.8 Å². The second-order valence-electron chi connectivity index (χ2n) is 5.15. The number of para-hydroxylation sites is 1. The van der Waals surface area contributed by atoms with E-state index in [1.165, 1.54) is 19.1 Å². The molecule has 0 aliphatic rings. The highest BCUT2D eigenvalue weighted by molar-refractivity contribution is 6.35. The number of H-pyrrole nitrogens is 1. The molecule has 23 heavy (non-hydrogen) atoms. The van der Waals surface area contributed by atoms with Crippen molar-refractivity contribution in [2.75, 3.05) is 0 Å². The third-order valence-corrected chi connectivity index (χ3v) is 3.71. The number of hydrogen-bond donors (Lipinski definition) is 2.